The quantitative estimate of drug-likeness (QED) is 0.808. The molecule has 24 heavy (non-hydrogen) atoms. The van der Waals surface area contributed by atoms with Crippen LogP contribution in [0.15, 0.2) is 18.2 Å². The van der Waals surface area contributed by atoms with Crippen molar-refractivity contribution >= 4 is 23.4 Å². The lowest BCUT2D eigenvalue weighted by atomic mass is 10.2. The molecule has 2 aliphatic heterocycles. The Hall–Kier alpha value is -2.22. The van der Waals surface area contributed by atoms with E-state index in [0.717, 1.165) is 36.4 Å². The Bertz CT molecular complexity index is 625. The Kier molecular flexibility index (Phi) is 5.24. The standard InChI is InChI=1S/C16H22N4O3S/c1-2-6-17-15(21)19-7-3-8-20(19)16(24)18-10-12-4-5-13-14(9-12)23-11-22-13/h4-5,9H,2-3,6-8,10-11H2,1H3,(H,17,21)(H,18,24). The van der Waals surface area contributed by atoms with Crippen LogP contribution in [0.2, 0.25) is 0 Å². The van der Waals surface area contributed by atoms with Crippen LogP contribution in [-0.4, -0.2) is 47.6 Å². The molecule has 2 amide bonds. The molecule has 1 fully saturated rings. The molecular formula is C16H22N4O3S. The van der Waals surface area contributed by atoms with Gasteiger partial charge in [0.15, 0.2) is 16.6 Å². The number of amides is 2. The third kappa shape index (κ3) is 3.64. The first kappa shape index (κ1) is 16.6. The number of hydrogen-bond acceptors (Lipinski definition) is 4. The lowest BCUT2D eigenvalue weighted by Gasteiger charge is -2.30. The summed E-state index contributed by atoms with van der Waals surface area (Å²) >= 11 is 5.46. The number of ether oxygens (including phenoxy) is 2. The molecule has 1 saturated heterocycles. The van der Waals surface area contributed by atoms with Gasteiger partial charge in [0.25, 0.3) is 0 Å². The summed E-state index contributed by atoms with van der Waals surface area (Å²) in [5.41, 5.74) is 1.04. The first-order chi connectivity index (χ1) is 11.7. The minimum atomic E-state index is -0.0958. The first-order valence-electron chi connectivity index (χ1n) is 8.18. The molecule has 0 aromatic heterocycles. The fourth-order valence-corrected chi connectivity index (χ4v) is 2.94. The highest BCUT2D eigenvalue weighted by atomic mass is 32.1. The monoisotopic (exact) mass is 350 g/mol. The molecule has 0 saturated carbocycles. The molecule has 2 heterocycles. The van der Waals surface area contributed by atoms with Gasteiger partial charge in [-0.1, -0.05) is 13.0 Å². The molecule has 0 spiro atoms. The molecule has 0 radical (unpaired) electrons. The average molecular weight is 350 g/mol. The highest BCUT2D eigenvalue weighted by molar-refractivity contribution is 7.80. The van der Waals surface area contributed by atoms with Gasteiger partial charge in [0.1, 0.15) is 0 Å². The van der Waals surface area contributed by atoms with E-state index >= 15 is 0 Å². The number of carbonyl (C=O) groups excluding carboxylic acids is 1. The molecule has 0 bridgehead atoms. The zero-order chi connectivity index (χ0) is 16.9. The highest BCUT2D eigenvalue weighted by Gasteiger charge is 2.28. The SMILES string of the molecule is CCCNC(=O)N1CCCN1C(=S)NCc1ccc2c(c1)OCO2. The second-order valence-electron chi connectivity index (χ2n) is 5.68. The van der Waals surface area contributed by atoms with E-state index in [9.17, 15) is 4.79 Å². The molecule has 2 N–H and O–H groups in total. The van der Waals surface area contributed by atoms with Crippen LogP contribution in [0.25, 0.3) is 0 Å². The smallest absolute Gasteiger partial charge is 0.336 e. The summed E-state index contributed by atoms with van der Waals surface area (Å²) in [6.07, 6.45) is 1.82. The van der Waals surface area contributed by atoms with Crippen LogP contribution < -0.4 is 20.1 Å². The second-order valence-corrected chi connectivity index (χ2v) is 6.06. The lowest BCUT2D eigenvalue weighted by molar-refractivity contribution is 0.124. The fourth-order valence-electron chi connectivity index (χ4n) is 2.68. The second kappa shape index (κ2) is 7.57. The number of rotatable bonds is 4. The third-order valence-electron chi connectivity index (χ3n) is 3.91. The maximum absolute atomic E-state index is 12.2. The van der Waals surface area contributed by atoms with Crippen molar-refractivity contribution in [3.05, 3.63) is 23.8 Å². The summed E-state index contributed by atoms with van der Waals surface area (Å²) in [5, 5.41) is 10.2. The predicted octanol–water partition coefficient (Wildman–Crippen LogP) is 1.83. The van der Waals surface area contributed by atoms with E-state index in [4.69, 9.17) is 21.7 Å². The van der Waals surface area contributed by atoms with Crippen LogP contribution in [0.3, 0.4) is 0 Å². The van der Waals surface area contributed by atoms with Gasteiger partial charge in [0, 0.05) is 26.2 Å². The molecule has 3 rings (SSSR count). The zero-order valence-electron chi connectivity index (χ0n) is 13.7. The van der Waals surface area contributed by atoms with Crippen molar-refractivity contribution in [1.29, 1.82) is 0 Å². The summed E-state index contributed by atoms with van der Waals surface area (Å²) in [5.74, 6) is 1.52. The average Bonchev–Trinajstić information content (AvgIpc) is 3.25. The Morgan fingerprint density at radius 3 is 2.83 bits per heavy atom. The van der Waals surface area contributed by atoms with Crippen molar-refractivity contribution in [3.8, 4) is 11.5 Å². The van der Waals surface area contributed by atoms with Gasteiger partial charge in [-0.25, -0.2) is 9.80 Å². The van der Waals surface area contributed by atoms with Gasteiger partial charge in [-0.05, 0) is 42.8 Å². The van der Waals surface area contributed by atoms with Gasteiger partial charge < -0.3 is 20.1 Å². The van der Waals surface area contributed by atoms with E-state index in [2.05, 4.69) is 10.6 Å². The third-order valence-corrected chi connectivity index (χ3v) is 4.26. The van der Waals surface area contributed by atoms with Crippen LogP contribution >= 0.6 is 12.2 Å². The molecule has 130 valence electrons. The summed E-state index contributed by atoms with van der Waals surface area (Å²) in [6.45, 7) is 4.95. The largest absolute Gasteiger partial charge is 0.454 e. The number of carbonyl (C=O) groups is 1. The molecule has 7 nitrogen and oxygen atoms in total. The Labute approximate surface area is 146 Å². The van der Waals surface area contributed by atoms with Crippen LogP contribution in [0, 0.1) is 0 Å². The Morgan fingerprint density at radius 2 is 2.00 bits per heavy atom. The van der Waals surface area contributed by atoms with Crippen molar-refractivity contribution in [1.82, 2.24) is 20.7 Å². The summed E-state index contributed by atoms with van der Waals surface area (Å²) in [4.78, 5) is 12.2. The first-order valence-corrected chi connectivity index (χ1v) is 8.59. The Morgan fingerprint density at radius 1 is 1.21 bits per heavy atom. The number of nitrogens with zero attached hydrogens (tertiary/aromatic N) is 2. The van der Waals surface area contributed by atoms with Gasteiger partial charge in [-0.2, -0.15) is 0 Å². The van der Waals surface area contributed by atoms with Gasteiger partial charge in [-0.3, -0.25) is 5.01 Å². The number of fused-ring (bicyclic) bond motifs is 1. The number of nitrogens with one attached hydrogen (secondary N) is 2. The molecule has 0 unspecified atom stereocenters. The van der Waals surface area contributed by atoms with Gasteiger partial charge in [0.2, 0.25) is 6.79 Å². The van der Waals surface area contributed by atoms with Crippen molar-refractivity contribution in [3.63, 3.8) is 0 Å². The summed E-state index contributed by atoms with van der Waals surface area (Å²) < 4.78 is 10.7. The van der Waals surface area contributed by atoms with Crippen molar-refractivity contribution in [2.45, 2.75) is 26.3 Å². The molecule has 0 atom stereocenters. The molecular weight excluding hydrogens is 328 g/mol. The maximum Gasteiger partial charge on any atom is 0.336 e. The van der Waals surface area contributed by atoms with Crippen LogP contribution in [0.1, 0.15) is 25.3 Å². The van der Waals surface area contributed by atoms with Gasteiger partial charge in [-0.15, -0.1) is 0 Å². The molecule has 1 aromatic rings. The van der Waals surface area contributed by atoms with E-state index in [1.54, 1.807) is 5.01 Å². The Balaban J connectivity index is 1.55. The van der Waals surface area contributed by atoms with Gasteiger partial charge >= 0.3 is 6.03 Å². The van der Waals surface area contributed by atoms with Crippen LogP contribution in [0.4, 0.5) is 4.79 Å². The van der Waals surface area contributed by atoms with Crippen molar-refractivity contribution in [2.75, 3.05) is 26.4 Å². The molecule has 2 aliphatic rings. The summed E-state index contributed by atoms with van der Waals surface area (Å²) in [7, 11) is 0. The number of thiocarbonyl (C=S) groups is 1. The molecule has 0 aliphatic carbocycles. The number of benzene rings is 1. The van der Waals surface area contributed by atoms with Crippen molar-refractivity contribution < 1.29 is 14.3 Å². The van der Waals surface area contributed by atoms with E-state index in [-0.39, 0.29) is 12.8 Å². The topological polar surface area (TPSA) is 66.1 Å². The van der Waals surface area contributed by atoms with E-state index < -0.39 is 0 Å². The maximum atomic E-state index is 12.2. The van der Waals surface area contributed by atoms with Crippen molar-refractivity contribution in [2.24, 2.45) is 0 Å². The lowest BCUT2D eigenvalue weighted by Crippen LogP contribution is -2.52. The van der Waals surface area contributed by atoms with E-state index in [0.29, 0.717) is 24.7 Å². The number of urea groups is 1. The summed E-state index contributed by atoms with van der Waals surface area (Å²) in [6, 6.07) is 5.71. The normalized spacial score (nSPS) is 15.5. The van der Waals surface area contributed by atoms with Crippen LogP contribution in [-0.2, 0) is 6.54 Å². The molecule has 1 aromatic carbocycles. The predicted molar refractivity (Wildman–Crippen MR) is 93.7 cm³/mol. The van der Waals surface area contributed by atoms with Gasteiger partial charge in [0.05, 0.1) is 0 Å². The molecule has 8 heteroatoms. The fraction of sp³-hybridized carbons (Fsp3) is 0.500. The van der Waals surface area contributed by atoms with E-state index in [1.165, 1.54) is 0 Å². The number of hydrazine groups is 1. The minimum Gasteiger partial charge on any atom is -0.454 e. The van der Waals surface area contributed by atoms with E-state index in [1.807, 2.05) is 30.1 Å². The zero-order valence-corrected chi connectivity index (χ0v) is 14.5. The minimum absolute atomic E-state index is 0.0958. The number of hydrogen-bond donors (Lipinski definition) is 2. The van der Waals surface area contributed by atoms with Crippen LogP contribution in [0.5, 0.6) is 11.5 Å². The highest BCUT2D eigenvalue weighted by Crippen LogP contribution is 2.32.